The van der Waals surface area contributed by atoms with Crippen LogP contribution in [-0.4, -0.2) is 46.6 Å². The number of halogens is 1. The van der Waals surface area contributed by atoms with Gasteiger partial charge < -0.3 is 14.4 Å². The Morgan fingerprint density at radius 2 is 2.07 bits per heavy atom. The Morgan fingerprint density at radius 3 is 2.83 bits per heavy atom. The van der Waals surface area contributed by atoms with E-state index in [1.54, 1.807) is 12.4 Å². The predicted octanol–water partition coefficient (Wildman–Crippen LogP) is 4.03. The number of aliphatic imine (C=N–C) groups is 1. The molecule has 0 amide bonds. The van der Waals surface area contributed by atoms with Crippen LogP contribution in [0.15, 0.2) is 29.5 Å². The number of fused-ring (bicyclic) bond motifs is 1. The summed E-state index contributed by atoms with van der Waals surface area (Å²) in [4.78, 5) is 15.8. The smallest absolute Gasteiger partial charge is 0.167 e. The van der Waals surface area contributed by atoms with Gasteiger partial charge in [-0.25, -0.2) is 19.4 Å². The molecule has 1 saturated carbocycles. The summed E-state index contributed by atoms with van der Waals surface area (Å²) in [5.41, 5.74) is 2.77. The average molecular weight is 396 g/mol. The van der Waals surface area contributed by atoms with Gasteiger partial charge in [0.2, 0.25) is 0 Å². The molecule has 1 aromatic heterocycles. The molecule has 6 nitrogen and oxygen atoms in total. The van der Waals surface area contributed by atoms with Crippen LogP contribution in [0, 0.1) is 5.82 Å². The molecule has 2 aliphatic heterocycles. The van der Waals surface area contributed by atoms with Crippen LogP contribution in [0.25, 0.3) is 0 Å². The predicted molar refractivity (Wildman–Crippen MR) is 109 cm³/mol. The summed E-state index contributed by atoms with van der Waals surface area (Å²) < 4.78 is 25.9. The van der Waals surface area contributed by atoms with Crippen molar-refractivity contribution in [1.29, 1.82) is 0 Å². The molecule has 2 fully saturated rings. The van der Waals surface area contributed by atoms with E-state index in [0.717, 1.165) is 42.0 Å². The average Bonchev–Trinajstić information content (AvgIpc) is 3.43. The van der Waals surface area contributed by atoms with Crippen LogP contribution in [0.3, 0.4) is 0 Å². The maximum atomic E-state index is 14.3. The molecular weight excluding hydrogens is 371 g/mol. The molecule has 3 heterocycles. The van der Waals surface area contributed by atoms with Crippen LogP contribution in [0.5, 0.6) is 5.75 Å². The van der Waals surface area contributed by atoms with Gasteiger partial charge in [-0.15, -0.1) is 0 Å². The molecule has 0 spiro atoms. The van der Waals surface area contributed by atoms with E-state index < -0.39 is 0 Å². The van der Waals surface area contributed by atoms with Crippen LogP contribution in [0.2, 0.25) is 0 Å². The summed E-state index contributed by atoms with van der Waals surface area (Å²) in [5, 5.41) is 0. The molecule has 1 saturated heterocycles. The highest BCUT2D eigenvalue weighted by Crippen LogP contribution is 2.43. The molecule has 152 valence electrons. The molecule has 2 unspecified atom stereocenters. The normalized spacial score (nSPS) is 24.4. The van der Waals surface area contributed by atoms with Gasteiger partial charge in [-0.3, -0.25) is 0 Å². The highest BCUT2D eigenvalue weighted by molar-refractivity contribution is 6.21. The molecule has 0 radical (unpaired) electrons. The van der Waals surface area contributed by atoms with Gasteiger partial charge in [0, 0.05) is 17.7 Å². The Labute approximate surface area is 169 Å². The first-order valence-corrected chi connectivity index (χ1v) is 10.3. The Kier molecular flexibility index (Phi) is 4.31. The molecule has 0 bridgehead atoms. The van der Waals surface area contributed by atoms with E-state index in [-0.39, 0.29) is 23.5 Å². The van der Waals surface area contributed by atoms with Gasteiger partial charge in [0.25, 0.3) is 0 Å². The van der Waals surface area contributed by atoms with E-state index in [9.17, 15) is 4.39 Å². The van der Waals surface area contributed by atoms with E-state index in [2.05, 4.69) is 33.7 Å². The number of morpholine rings is 1. The van der Waals surface area contributed by atoms with Gasteiger partial charge >= 0.3 is 0 Å². The number of nitrogens with zero attached hydrogens (tertiary/aromatic N) is 4. The van der Waals surface area contributed by atoms with E-state index in [4.69, 9.17) is 9.47 Å². The first-order chi connectivity index (χ1) is 14.0. The summed E-state index contributed by atoms with van der Waals surface area (Å²) in [6, 6.07) is 5.69. The molecule has 2 atom stereocenters. The van der Waals surface area contributed by atoms with Crippen LogP contribution < -0.4 is 9.64 Å². The number of benzene rings is 1. The zero-order valence-electron chi connectivity index (χ0n) is 17.0. The first-order valence-electron chi connectivity index (χ1n) is 10.3. The zero-order chi connectivity index (χ0) is 20.2. The Balaban J connectivity index is 1.45. The monoisotopic (exact) mass is 396 g/mol. The molecule has 1 aliphatic carbocycles. The number of aromatic nitrogens is 2. The maximum absolute atomic E-state index is 14.3. The third kappa shape index (κ3) is 3.27. The number of ether oxygens (including phenoxy) is 2. The SMILES string of the molecule is CCC1COCC(C)N1c1cc(C2=Nc3cc(F)c(OC4(C)CC4)cc32)ncn1. The Bertz CT molecular complexity index is 989. The summed E-state index contributed by atoms with van der Waals surface area (Å²) in [6.07, 6.45) is 4.46. The fraction of sp³-hybridized carbons (Fsp3) is 0.500. The number of rotatable bonds is 5. The van der Waals surface area contributed by atoms with Gasteiger partial charge in [-0.05, 0) is 39.2 Å². The second-order valence-electron chi connectivity index (χ2n) is 8.43. The zero-order valence-corrected chi connectivity index (χ0v) is 17.0. The minimum absolute atomic E-state index is 0.236. The molecular formula is C22H25FN4O2. The van der Waals surface area contributed by atoms with Gasteiger partial charge in [0.05, 0.1) is 42.4 Å². The molecule has 29 heavy (non-hydrogen) atoms. The first kappa shape index (κ1) is 18.5. The van der Waals surface area contributed by atoms with Crippen molar-refractivity contribution in [3.63, 3.8) is 0 Å². The third-order valence-electron chi connectivity index (χ3n) is 6.02. The molecule has 7 heteroatoms. The summed E-state index contributed by atoms with van der Waals surface area (Å²) in [7, 11) is 0. The standard InChI is InChI=1S/C22H25FN4O2/c1-4-14-11-28-10-13(2)27(14)20-9-18(24-12-25-20)21-15-7-19(29-22(3)5-6-22)16(23)8-17(15)26-21/h7-9,12-14H,4-6,10-11H2,1-3H3. The molecule has 5 rings (SSSR count). The Hall–Kier alpha value is -2.54. The fourth-order valence-corrected chi connectivity index (χ4v) is 4.01. The van der Waals surface area contributed by atoms with Crippen LogP contribution in [0.1, 0.15) is 51.3 Å². The minimum atomic E-state index is -0.365. The van der Waals surface area contributed by atoms with Crippen LogP contribution >= 0.6 is 0 Å². The topological polar surface area (TPSA) is 59.8 Å². The molecule has 1 aromatic carbocycles. The molecule has 2 aromatic rings. The van der Waals surface area contributed by atoms with Crippen LogP contribution in [0.4, 0.5) is 15.9 Å². The quantitative estimate of drug-likeness (QED) is 0.652. The van der Waals surface area contributed by atoms with Gasteiger partial charge in [-0.2, -0.15) is 0 Å². The third-order valence-corrected chi connectivity index (χ3v) is 6.02. The van der Waals surface area contributed by atoms with Crippen molar-refractivity contribution in [1.82, 2.24) is 9.97 Å². The van der Waals surface area contributed by atoms with Crippen LogP contribution in [-0.2, 0) is 4.74 Å². The molecule has 3 aliphatic rings. The highest BCUT2D eigenvalue weighted by Gasteiger charge is 2.41. The second kappa shape index (κ2) is 6.76. The summed E-state index contributed by atoms with van der Waals surface area (Å²) in [5.74, 6) is 0.798. The molecule has 0 N–H and O–H groups in total. The summed E-state index contributed by atoms with van der Waals surface area (Å²) >= 11 is 0. The van der Waals surface area contributed by atoms with Crippen molar-refractivity contribution in [2.75, 3.05) is 18.1 Å². The highest BCUT2D eigenvalue weighted by atomic mass is 19.1. The van der Waals surface area contributed by atoms with E-state index in [1.807, 2.05) is 13.0 Å². The second-order valence-corrected chi connectivity index (χ2v) is 8.43. The number of hydrogen-bond acceptors (Lipinski definition) is 6. The van der Waals surface area contributed by atoms with E-state index >= 15 is 0 Å². The van der Waals surface area contributed by atoms with Crippen molar-refractivity contribution in [2.24, 2.45) is 4.99 Å². The minimum Gasteiger partial charge on any atom is -0.484 e. The van der Waals surface area contributed by atoms with Crippen molar-refractivity contribution in [2.45, 2.75) is 57.7 Å². The van der Waals surface area contributed by atoms with Gasteiger partial charge in [0.1, 0.15) is 17.7 Å². The van der Waals surface area contributed by atoms with Crippen molar-refractivity contribution in [3.05, 3.63) is 41.6 Å². The van der Waals surface area contributed by atoms with E-state index in [0.29, 0.717) is 24.7 Å². The maximum Gasteiger partial charge on any atom is 0.167 e. The van der Waals surface area contributed by atoms with Crippen molar-refractivity contribution < 1.29 is 13.9 Å². The lowest BCUT2D eigenvalue weighted by atomic mass is 9.98. The van der Waals surface area contributed by atoms with Gasteiger partial charge in [-0.1, -0.05) is 6.92 Å². The Morgan fingerprint density at radius 1 is 1.24 bits per heavy atom. The number of hydrogen-bond donors (Lipinski definition) is 0. The van der Waals surface area contributed by atoms with E-state index in [1.165, 1.54) is 6.07 Å². The van der Waals surface area contributed by atoms with Crippen molar-refractivity contribution in [3.8, 4) is 5.75 Å². The fourth-order valence-electron chi connectivity index (χ4n) is 4.01. The lowest BCUT2D eigenvalue weighted by molar-refractivity contribution is 0.0695. The van der Waals surface area contributed by atoms with Crippen molar-refractivity contribution >= 4 is 17.2 Å². The number of anilines is 1. The summed E-state index contributed by atoms with van der Waals surface area (Å²) in [6.45, 7) is 7.68. The lowest BCUT2D eigenvalue weighted by Gasteiger charge is -2.41. The largest absolute Gasteiger partial charge is 0.484 e. The van der Waals surface area contributed by atoms with Gasteiger partial charge in [0.15, 0.2) is 11.6 Å². The lowest BCUT2D eigenvalue weighted by Crippen LogP contribution is -2.51.